The van der Waals surface area contributed by atoms with Crippen LogP contribution in [-0.2, 0) is 18.0 Å². The van der Waals surface area contributed by atoms with Gasteiger partial charge in [-0.05, 0) is 18.2 Å². The number of alkyl halides is 3. The first kappa shape index (κ1) is 23.7. The molecule has 3 rings (SSSR count). The van der Waals surface area contributed by atoms with Gasteiger partial charge >= 0.3 is 17.8 Å². The quantitative estimate of drug-likeness (QED) is 0.345. The van der Waals surface area contributed by atoms with Gasteiger partial charge in [0.1, 0.15) is 10.8 Å². The average Bonchev–Trinajstić information content (AvgIpc) is 3.00. The van der Waals surface area contributed by atoms with Gasteiger partial charge in [0.25, 0.3) is 5.88 Å². The van der Waals surface area contributed by atoms with Crippen LogP contribution in [0, 0.1) is 10.1 Å². The molecule has 33 heavy (non-hydrogen) atoms. The lowest BCUT2D eigenvalue weighted by Gasteiger charge is -2.12. The summed E-state index contributed by atoms with van der Waals surface area (Å²) in [4.78, 5) is 21.4. The first-order valence-electron chi connectivity index (χ1n) is 8.85. The summed E-state index contributed by atoms with van der Waals surface area (Å²) in [5.74, 6) is -2.40. The highest BCUT2D eigenvalue weighted by Gasteiger charge is 2.39. The minimum Gasteiger partial charge on any atom is -0.479 e. The lowest BCUT2D eigenvalue weighted by atomic mass is 10.2. The maximum absolute atomic E-state index is 13.1. The number of aliphatic carboxylic acids is 1. The number of carbonyl (C=O) groups is 1. The molecular formula is C19H13ClF3N3O7. The van der Waals surface area contributed by atoms with E-state index in [4.69, 9.17) is 30.9 Å². The first-order chi connectivity index (χ1) is 15.5. The zero-order chi connectivity index (χ0) is 24.3. The predicted octanol–water partition coefficient (Wildman–Crippen LogP) is 5.05. The van der Waals surface area contributed by atoms with E-state index in [1.54, 1.807) is 0 Å². The molecule has 0 amide bonds. The van der Waals surface area contributed by atoms with Gasteiger partial charge in [0, 0.05) is 19.2 Å². The number of benzene rings is 2. The van der Waals surface area contributed by atoms with Gasteiger partial charge in [-0.2, -0.15) is 13.2 Å². The van der Waals surface area contributed by atoms with E-state index in [1.165, 1.54) is 24.3 Å². The van der Waals surface area contributed by atoms with E-state index in [9.17, 15) is 28.1 Å². The van der Waals surface area contributed by atoms with Crippen molar-refractivity contribution >= 4 is 23.3 Å². The van der Waals surface area contributed by atoms with Gasteiger partial charge in [-0.25, -0.2) is 4.79 Å². The highest BCUT2D eigenvalue weighted by molar-refractivity contribution is 6.32. The molecule has 0 saturated heterocycles. The van der Waals surface area contributed by atoms with Crippen LogP contribution in [0.4, 0.5) is 18.9 Å². The Hall–Kier alpha value is -4.00. The largest absolute Gasteiger partial charge is 0.479 e. The van der Waals surface area contributed by atoms with E-state index in [2.05, 4.69) is 5.10 Å². The van der Waals surface area contributed by atoms with Gasteiger partial charge < -0.3 is 19.3 Å². The molecule has 0 bridgehead atoms. The molecule has 0 saturated carbocycles. The van der Waals surface area contributed by atoms with Crippen molar-refractivity contribution < 1.29 is 42.2 Å². The van der Waals surface area contributed by atoms with Gasteiger partial charge in [0.05, 0.1) is 4.92 Å². The Kier molecular flexibility index (Phi) is 6.62. The maximum atomic E-state index is 13.1. The van der Waals surface area contributed by atoms with Crippen LogP contribution in [0.5, 0.6) is 28.9 Å². The third kappa shape index (κ3) is 5.44. The number of nitrogens with zero attached hydrogens (tertiary/aromatic N) is 3. The summed E-state index contributed by atoms with van der Waals surface area (Å²) in [5, 5.41) is 23.0. The number of aryl methyl sites for hydroxylation is 1. The van der Waals surface area contributed by atoms with E-state index < -0.39 is 46.0 Å². The number of para-hydroxylation sites is 2. The Labute approximate surface area is 187 Å². The second kappa shape index (κ2) is 9.24. The number of nitro groups is 1. The van der Waals surface area contributed by atoms with E-state index in [-0.39, 0.29) is 23.0 Å². The van der Waals surface area contributed by atoms with Gasteiger partial charge in [0.2, 0.25) is 5.75 Å². The number of aromatic nitrogens is 2. The summed E-state index contributed by atoms with van der Waals surface area (Å²) in [6.07, 6.45) is -4.79. The SMILES string of the molecule is Cn1nc(Oc2ccc([N+](=O)[O-])c(Oc3ccccc3OCC(=O)O)c2)c(Cl)c1C(F)(F)F. The van der Waals surface area contributed by atoms with Crippen molar-refractivity contribution in [3.8, 4) is 28.9 Å². The molecule has 0 aliphatic heterocycles. The molecule has 1 N–H and O–H groups in total. The summed E-state index contributed by atoms with van der Waals surface area (Å²) < 4.78 is 55.8. The summed E-state index contributed by atoms with van der Waals surface area (Å²) >= 11 is 5.76. The highest BCUT2D eigenvalue weighted by Crippen LogP contribution is 2.42. The van der Waals surface area contributed by atoms with Crippen LogP contribution in [0.15, 0.2) is 42.5 Å². The molecule has 0 aliphatic rings. The van der Waals surface area contributed by atoms with Crippen molar-refractivity contribution in [1.29, 1.82) is 0 Å². The molecule has 14 heteroatoms. The van der Waals surface area contributed by atoms with Crippen molar-refractivity contribution in [1.82, 2.24) is 9.78 Å². The number of carboxylic acids is 1. The number of halogens is 4. The fourth-order valence-electron chi connectivity index (χ4n) is 2.66. The number of hydrogen-bond donors (Lipinski definition) is 1. The van der Waals surface area contributed by atoms with Crippen molar-refractivity contribution in [3.63, 3.8) is 0 Å². The third-order valence-corrected chi connectivity index (χ3v) is 4.33. The number of nitro benzene ring substituents is 1. The number of ether oxygens (including phenoxy) is 3. The summed E-state index contributed by atoms with van der Waals surface area (Å²) in [6, 6.07) is 8.98. The van der Waals surface area contributed by atoms with E-state index in [1.807, 2.05) is 0 Å². The highest BCUT2D eigenvalue weighted by atomic mass is 35.5. The smallest absolute Gasteiger partial charge is 0.434 e. The molecule has 0 atom stereocenters. The average molecular weight is 488 g/mol. The van der Waals surface area contributed by atoms with Crippen LogP contribution in [0.25, 0.3) is 0 Å². The molecule has 174 valence electrons. The van der Waals surface area contributed by atoms with Crippen LogP contribution in [0.1, 0.15) is 5.69 Å². The standard InChI is InChI=1S/C19H13ClF3N3O7/c1-25-17(19(21,22)23)16(20)18(24-25)32-10-6-7-11(26(29)30)14(8-10)33-13-5-3-2-4-12(13)31-9-15(27)28/h2-8H,9H2,1H3,(H,27,28). The molecule has 2 aromatic carbocycles. The van der Waals surface area contributed by atoms with Gasteiger partial charge in [0.15, 0.2) is 23.8 Å². The Morgan fingerprint density at radius 1 is 1.18 bits per heavy atom. The fraction of sp³-hybridized carbons (Fsp3) is 0.158. The summed E-state index contributed by atoms with van der Waals surface area (Å²) in [6.45, 7) is -0.689. The Bertz CT molecular complexity index is 1210. The molecular weight excluding hydrogens is 475 g/mol. The van der Waals surface area contributed by atoms with Gasteiger partial charge in [-0.1, -0.05) is 23.7 Å². The second-order valence-corrected chi connectivity index (χ2v) is 6.69. The Balaban J connectivity index is 1.95. The van der Waals surface area contributed by atoms with Gasteiger partial charge in [-0.15, -0.1) is 5.10 Å². The molecule has 0 aliphatic carbocycles. The zero-order valence-electron chi connectivity index (χ0n) is 16.5. The maximum Gasteiger partial charge on any atom is 0.434 e. The Morgan fingerprint density at radius 2 is 1.85 bits per heavy atom. The van der Waals surface area contributed by atoms with Crippen molar-refractivity contribution in [3.05, 3.63) is 63.3 Å². The topological polar surface area (TPSA) is 126 Å². The lowest BCUT2D eigenvalue weighted by Crippen LogP contribution is -2.12. The van der Waals surface area contributed by atoms with Crippen molar-refractivity contribution in [2.24, 2.45) is 7.05 Å². The normalized spacial score (nSPS) is 11.2. The minimum atomic E-state index is -4.79. The molecule has 0 spiro atoms. The predicted molar refractivity (Wildman–Crippen MR) is 106 cm³/mol. The molecule has 3 aromatic rings. The van der Waals surface area contributed by atoms with Gasteiger partial charge in [-0.3, -0.25) is 14.8 Å². The van der Waals surface area contributed by atoms with Crippen molar-refractivity contribution in [2.45, 2.75) is 6.18 Å². The molecule has 10 nitrogen and oxygen atoms in total. The van der Waals surface area contributed by atoms with E-state index >= 15 is 0 Å². The lowest BCUT2D eigenvalue weighted by molar-refractivity contribution is -0.385. The molecule has 0 fully saturated rings. The van der Waals surface area contributed by atoms with Crippen LogP contribution < -0.4 is 14.2 Å². The fourth-order valence-corrected chi connectivity index (χ4v) is 2.97. The monoisotopic (exact) mass is 487 g/mol. The zero-order valence-corrected chi connectivity index (χ0v) is 17.3. The summed E-state index contributed by atoms with van der Waals surface area (Å²) in [5.41, 5.74) is -1.74. The van der Waals surface area contributed by atoms with Crippen LogP contribution in [0.2, 0.25) is 5.02 Å². The third-order valence-electron chi connectivity index (χ3n) is 3.99. The molecule has 1 heterocycles. The van der Waals surface area contributed by atoms with E-state index in [0.29, 0.717) is 4.68 Å². The van der Waals surface area contributed by atoms with Crippen molar-refractivity contribution in [2.75, 3.05) is 6.61 Å². The molecule has 0 radical (unpaired) electrons. The summed E-state index contributed by atoms with van der Waals surface area (Å²) in [7, 11) is 1.03. The minimum absolute atomic E-state index is 0.0110. The van der Waals surface area contributed by atoms with Crippen LogP contribution >= 0.6 is 11.6 Å². The number of carboxylic acid groups (broad SMARTS) is 1. The molecule has 1 aromatic heterocycles. The molecule has 0 unspecified atom stereocenters. The van der Waals surface area contributed by atoms with Crippen LogP contribution in [-0.4, -0.2) is 32.4 Å². The van der Waals surface area contributed by atoms with E-state index in [0.717, 1.165) is 25.2 Å². The number of hydrogen-bond acceptors (Lipinski definition) is 7. The first-order valence-corrected chi connectivity index (χ1v) is 9.22. The Morgan fingerprint density at radius 3 is 2.42 bits per heavy atom. The second-order valence-electron chi connectivity index (χ2n) is 6.31. The number of rotatable bonds is 8. The van der Waals surface area contributed by atoms with Crippen LogP contribution in [0.3, 0.4) is 0 Å².